The highest BCUT2D eigenvalue weighted by Crippen LogP contribution is 2.44. The Morgan fingerprint density at radius 3 is 1.33 bits per heavy atom. The van der Waals surface area contributed by atoms with Gasteiger partial charge in [0.1, 0.15) is 0 Å². The highest BCUT2D eigenvalue weighted by atomic mass is 32.1. The zero-order chi connectivity index (χ0) is 40.3. The van der Waals surface area contributed by atoms with Crippen LogP contribution in [0.4, 0.5) is 17.1 Å². The SMILES string of the molecule is c1cc(-c2cccc(N(c3ccc(-c4cccc5c4sc4ccccc45)cc3)c3ccc(-c4cccc5c4sc4ccccc45)cc3)c2)cc(-c2cccc3ccccc23)c1. The number of fused-ring (bicyclic) bond motifs is 7. The largest absolute Gasteiger partial charge is 0.310 e. The van der Waals surface area contributed by atoms with E-state index in [9.17, 15) is 0 Å². The second-order valence-electron chi connectivity index (χ2n) is 15.6. The number of benzene rings is 10. The zero-order valence-electron chi connectivity index (χ0n) is 33.1. The topological polar surface area (TPSA) is 3.24 Å². The lowest BCUT2D eigenvalue weighted by atomic mass is 9.95. The molecule has 0 fully saturated rings. The van der Waals surface area contributed by atoms with Gasteiger partial charge in [0.2, 0.25) is 0 Å². The van der Waals surface area contributed by atoms with Crippen molar-refractivity contribution in [2.45, 2.75) is 0 Å². The summed E-state index contributed by atoms with van der Waals surface area (Å²) < 4.78 is 5.30. The van der Waals surface area contributed by atoms with Gasteiger partial charge in [0.05, 0.1) is 0 Å². The van der Waals surface area contributed by atoms with Crippen molar-refractivity contribution in [2.24, 2.45) is 0 Å². The Bertz CT molecular complexity index is 3430. The third kappa shape index (κ3) is 6.21. The molecule has 12 rings (SSSR count). The molecule has 0 N–H and O–H groups in total. The van der Waals surface area contributed by atoms with Crippen LogP contribution in [0.2, 0.25) is 0 Å². The molecule has 0 aliphatic rings. The standard InChI is InChI=1S/C58H37NS2/c1-2-18-47-38(12-1)13-9-21-48(47)43-16-7-14-41(36-43)42-15-8-17-46(37-42)59(44-32-28-39(29-33-44)49-22-10-24-53-51-19-3-5-26-55(51)60-57(49)53)45-34-30-40(31-35-45)50-23-11-25-54-52-20-4-6-27-56(52)61-58(50)54/h1-37H. The maximum atomic E-state index is 2.39. The van der Waals surface area contributed by atoms with Gasteiger partial charge in [0, 0.05) is 57.4 Å². The maximum absolute atomic E-state index is 2.39. The molecule has 0 radical (unpaired) electrons. The van der Waals surface area contributed by atoms with Crippen LogP contribution in [-0.2, 0) is 0 Å². The number of anilines is 3. The average molecular weight is 812 g/mol. The van der Waals surface area contributed by atoms with E-state index in [-0.39, 0.29) is 0 Å². The van der Waals surface area contributed by atoms with Gasteiger partial charge in [-0.05, 0) is 110 Å². The number of nitrogens with zero attached hydrogens (tertiary/aromatic N) is 1. The Hall–Kier alpha value is -7.30. The van der Waals surface area contributed by atoms with Gasteiger partial charge in [-0.1, -0.05) is 170 Å². The van der Waals surface area contributed by atoms with Crippen LogP contribution in [0.5, 0.6) is 0 Å². The van der Waals surface area contributed by atoms with Gasteiger partial charge in [-0.15, -0.1) is 22.7 Å². The maximum Gasteiger partial charge on any atom is 0.0467 e. The van der Waals surface area contributed by atoms with Crippen LogP contribution in [0.1, 0.15) is 0 Å². The van der Waals surface area contributed by atoms with Crippen LogP contribution in [-0.4, -0.2) is 0 Å². The monoisotopic (exact) mass is 811 g/mol. The summed E-state index contributed by atoms with van der Waals surface area (Å²) in [5.74, 6) is 0. The van der Waals surface area contributed by atoms with Gasteiger partial charge in [-0.3, -0.25) is 0 Å². The van der Waals surface area contributed by atoms with Gasteiger partial charge in [0.25, 0.3) is 0 Å². The minimum absolute atomic E-state index is 1.10. The summed E-state index contributed by atoms with van der Waals surface area (Å²) in [6.07, 6.45) is 0. The molecule has 0 saturated carbocycles. The first-order chi connectivity index (χ1) is 30.2. The molecule has 0 bridgehead atoms. The summed E-state index contributed by atoms with van der Waals surface area (Å²) >= 11 is 3.76. The first-order valence-corrected chi connectivity index (χ1v) is 22.4. The quantitative estimate of drug-likeness (QED) is 0.155. The number of hydrogen-bond donors (Lipinski definition) is 0. The van der Waals surface area contributed by atoms with Crippen LogP contribution in [0.15, 0.2) is 224 Å². The minimum Gasteiger partial charge on any atom is -0.310 e. The van der Waals surface area contributed by atoms with Crippen molar-refractivity contribution < 1.29 is 0 Å². The molecule has 0 amide bonds. The number of rotatable bonds is 7. The van der Waals surface area contributed by atoms with Crippen molar-refractivity contribution in [1.82, 2.24) is 0 Å². The summed E-state index contributed by atoms with van der Waals surface area (Å²) in [6.45, 7) is 0. The Kier molecular flexibility index (Phi) is 8.62. The van der Waals surface area contributed by atoms with Crippen LogP contribution >= 0.6 is 22.7 Å². The summed E-state index contributed by atoms with van der Waals surface area (Å²) in [4.78, 5) is 2.39. The fourth-order valence-electron chi connectivity index (χ4n) is 9.14. The first-order valence-electron chi connectivity index (χ1n) is 20.7. The van der Waals surface area contributed by atoms with Crippen molar-refractivity contribution in [2.75, 3.05) is 4.90 Å². The predicted octanol–water partition coefficient (Wildman–Crippen LogP) is 17.7. The lowest BCUT2D eigenvalue weighted by Crippen LogP contribution is -2.10. The van der Waals surface area contributed by atoms with E-state index in [0.717, 1.165) is 17.1 Å². The summed E-state index contributed by atoms with van der Waals surface area (Å²) in [6, 6.07) is 82.3. The van der Waals surface area contributed by atoms with Crippen molar-refractivity contribution in [3.05, 3.63) is 224 Å². The van der Waals surface area contributed by atoms with Gasteiger partial charge in [-0.2, -0.15) is 0 Å². The molecule has 10 aromatic carbocycles. The molecular weight excluding hydrogens is 775 g/mol. The third-order valence-electron chi connectivity index (χ3n) is 12.1. The fourth-order valence-corrected chi connectivity index (χ4v) is 11.6. The van der Waals surface area contributed by atoms with Gasteiger partial charge in [0.15, 0.2) is 0 Å². The smallest absolute Gasteiger partial charge is 0.0467 e. The molecule has 0 unspecified atom stereocenters. The van der Waals surface area contributed by atoms with Crippen LogP contribution in [0, 0.1) is 0 Å². The van der Waals surface area contributed by atoms with Crippen molar-refractivity contribution in [3.8, 4) is 44.5 Å². The van der Waals surface area contributed by atoms with E-state index >= 15 is 0 Å². The molecule has 0 atom stereocenters. The van der Waals surface area contributed by atoms with Gasteiger partial charge >= 0.3 is 0 Å². The minimum atomic E-state index is 1.10. The van der Waals surface area contributed by atoms with Crippen LogP contribution in [0.3, 0.4) is 0 Å². The molecule has 61 heavy (non-hydrogen) atoms. The first kappa shape index (κ1) is 35.6. The fraction of sp³-hybridized carbons (Fsp3) is 0. The lowest BCUT2D eigenvalue weighted by Gasteiger charge is -2.26. The summed E-state index contributed by atoms with van der Waals surface area (Å²) in [7, 11) is 0. The Morgan fingerprint density at radius 2 is 0.705 bits per heavy atom. The van der Waals surface area contributed by atoms with Crippen molar-refractivity contribution in [3.63, 3.8) is 0 Å². The summed E-state index contributed by atoms with van der Waals surface area (Å²) in [5.41, 5.74) is 13.1. The normalized spacial score (nSPS) is 11.6. The molecule has 2 aromatic heterocycles. The molecule has 12 aromatic rings. The van der Waals surface area contributed by atoms with E-state index in [4.69, 9.17) is 0 Å². The molecule has 0 aliphatic heterocycles. The van der Waals surface area contributed by atoms with Crippen LogP contribution < -0.4 is 4.90 Å². The molecule has 286 valence electrons. The van der Waals surface area contributed by atoms with E-state index in [1.807, 2.05) is 22.7 Å². The van der Waals surface area contributed by atoms with Crippen molar-refractivity contribution in [1.29, 1.82) is 0 Å². The third-order valence-corrected chi connectivity index (χ3v) is 14.5. The Balaban J connectivity index is 0.962. The lowest BCUT2D eigenvalue weighted by molar-refractivity contribution is 1.28. The summed E-state index contributed by atoms with van der Waals surface area (Å²) in [5, 5.41) is 7.79. The van der Waals surface area contributed by atoms with Gasteiger partial charge < -0.3 is 4.90 Å². The molecule has 2 heterocycles. The van der Waals surface area contributed by atoms with Crippen molar-refractivity contribution >= 4 is 90.9 Å². The number of hydrogen-bond acceptors (Lipinski definition) is 3. The van der Waals surface area contributed by atoms with E-state index in [0.29, 0.717) is 0 Å². The zero-order valence-corrected chi connectivity index (χ0v) is 34.8. The Morgan fingerprint density at radius 1 is 0.262 bits per heavy atom. The molecular formula is C58H37NS2. The number of thiophene rings is 2. The Labute approximate surface area is 362 Å². The highest BCUT2D eigenvalue weighted by Gasteiger charge is 2.17. The second-order valence-corrected chi connectivity index (χ2v) is 17.8. The predicted molar refractivity (Wildman–Crippen MR) is 266 cm³/mol. The van der Waals surface area contributed by atoms with E-state index in [1.54, 1.807) is 0 Å². The molecule has 0 saturated heterocycles. The molecule has 3 heteroatoms. The van der Waals surface area contributed by atoms with E-state index < -0.39 is 0 Å². The van der Waals surface area contributed by atoms with E-state index in [2.05, 4.69) is 229 Å². The average Bonchev–Trinajstić information content (AvgIpc) is 3.91. The second kappa shape index (κ2) is 14.8. The van der Waals surface area contributed by atoms with Crippen LogP contribution in [0.25, 0.3) is 95.6 Å². The van der Waals surface area contributed by atoms with Gasteiger partial charge in [-0.25, -0.2) is 0 Å². The molecule has 1 nitrogen and oxygen atoms in total. The van der Waals surface area contributed by atoms with E-state index in [1.165, 1.54) is 95.6 Å². The highest BCUT2D eigenvalue weighted by molar-refractivity contribution is 7.26. The molecule has 0 aliphatic carbocycles. The molecule has 0 spiro atoms.